The fourth-order valence-corrected chi connectivity index (χ4v) is 3.17. The predicted molar refractivity (Wildman–Crippen MR) is 111 cm³/mol. The molecule has 3 aromatic rings. The van der Waals surface area contributed by atoms with E-state index < -0.39 is 5.97 Å². The Hall–Kier alpha value is -2.85. The third kappa shape index (κ3) is 4.90. The number of carboxylic acids is 1. The molecule has 4 nitrogen and oxygen atoms in total. The highest BCUT2D eigenvalue weighted by Gasteiger charge is 2.16. The summed E-state index contributed by atoms with van der Waals surface area (Å²) in [6.07, 6.45) is 1.23. The Bertz CT molecular complexity index is 971. The molecule has 0 aliphatic rings. The van der Waals surface area contributed by atoms with Gasteiger partial charge >= 0.3 is 5.97 Å². The fourth-order valence-electron chi connectivity index (χ4n) is 3.00. The van der Waals surface area contributed by atoms with E-state index in [-0.39, 0.29) is 11.7 Å². The Morgan fingerprint density at radius 2 is 1.82 bits per heavy atom. The van der Waals surface area contributed by atoms with Crippen LogP contribution in [-0.2, 0) is 12.8 Å². The number of halogens is 1. The van der Waals surface area contributed by atoms with Gasteiger partial charge in [0.25, 0.3) is 0 Å². The molecule has 0 saturated carbocycles. The third-order valence-electron chi connectivity index (χ3n) is 4.28. The van der Waals surface area contributed by atoms with Crippen molar-refractivity contribution in [3.05, 3.63) is 82.5 Å². The smallest absolute Gasteiger partial charge is 0.337 e. The summed E-state index contributed by atoms with van der Waals surface area (Å²) in [5.41, 5.74) is 3.37. The molecule has 1 N–H and O–H groups in total. The molecule has 0 aliphatic heterocycles. The van der Waals surface area contributed by atoms with Crippen LogP contribution in [0.1, 0.15) is 35.5 Å². The van der Waals surface area contributed by atoms with Crippen LogP contribution in [0.4, 0.5) is 0 Å². The van der Waals surface area contributed by atoms with Gasteiger partial charge in [-0.15, -0.1) is 0 Å². The van der Waals surface area contributed by atoms with Crippen LogP contribution in [0.25, 0.3) is 11.3 Å². The zero-order valence-electron chi connectivity index (χ0n) is 15.9. The highest BCUT2D eigenvalue weighted by Crippen LogP contribution is 2.33. The average Bonchev–Trinajstić information content (AvgIpc) is 2.66. The van der Waals surface area contributed by atoms with Crippen LogP contribution in [0.15, 0.2) is 60.7 Å². The number of benzene rings is 2. The van der Waals surface area contributed by atoms with Gasteiger partial charge in [-0.1, -0.05) is 41.9 Å². The van der Waals surface area contributed by atoms with Crippen LogP contribution >= 0.6 is 11.6 Å². The average molecular weight is 396 g/mol. The first-order chi connectivity index (χ1) is 13.4. The van der Waals surface area contributed by atoms with Crippen LogP contribution in [0.3, 0.4) is 0 Å². The zero-order valence-corrected chi connectivity index (χ0v) is 16.6. The van der Waals surface area contributed by atoms with E-state index in [0.717, 1.165) is 11.1 Å². The molecule has 1 heterocycles. The minimum Gasteiger partial charge on any atom is -0.490 e. The highest BCUT2D eigenvalue weighted by atomic mass is 35.5. The van der Waals surface area contributed by atoms with E-state index in [1.807, 2.05) is 50.2 Å². The quantitative estimate of drug-likeness (QED) is 0.559. The van der Waals surface area contributed by atoms with Gasteiger partial charge in [-0.05, 0) is 62.6 Å². The molecular weight excluding hydrogens is 374 g/mol. The second-order valence-electron chi connectivity index (χ2n) is 6.79. The SMILES string of the molecule is CC(C)Oc1cc(Cl)ccc1-c1ccc(C(=O)O)c(CCc2ccccc2)n1. The van der Waals surface area contributed by atoms with E-state index in [0.29, 0.717) is 35.0 Å². The Kier molecular flexibility index (Phi) is 6.32. The van der Waals surface area contributed by atoms with Crippen molar-refractivity contribution in [3.63, 3.8) is 0 Å². The molecule has 144 valence electrons. The summed E-state index contributed by atoms with van der Waals surface area (Å²) in [5.74, 6) is -0.344. The summed E-state index contributed by atoms with van der Waals surface area (Å²) < 4.78 is 5.89. The van der Waals surface area contributed by atoms with Gasteiger partial charge < -0.3 is 9.84 Å². The van der Waals surface area contributed by atoms with Gasteiger partial charge in [0.1, 0.15) is 5.75 Å². The number of hydrogen-bond donors (Lipinski definition) is 1. The van der Waals surface area contributed by atoms with Gasteiger partial charge in [-0.2, -0.15) is 0 Å². The Morgan fingerprint density at radius 1 is 1.07 bits per heavy atom. The topological polar surface area (TPSA) is 59.4 Å². The maximum absolute atomic E-state index is 11.7. The summed E-state index contributed by atoms with van der Waals surface area (Å²) in [4.78, 5) is 16.3. The predicted octanol–water partition coefficient (Wildman–Crippen LogP) is 5.67. The number of pyridine rings is 1. The Morgan fingerprint density at radius 3 is 2.50 bits per heavy atom. The summed E-state index contributed by atoms with van der Waals surface area (Å²) in [6.45, 7) is 3.88. The Balaban J connectivity index is 1.98. The van der Waals surface area contributed by atoms with Crippen molar-refractivity contribution in [2.24, 2.45) is 0 Å². The van der Waals surface area contributed by atoms with Crippen molar-refractivity contribution in [2.45, 2.75) is 32.8 Å². The van der Waals surface area contributed by atoms with Crippen LogP contribution in [-0.4, -0.2) is 22.2 Å². The fraction of sp³-hybridized carbons (Fsp3) is 0.217. The molecule has 0 bridgehead atoms. The van der Waals surface area contributed by atoms with Crippen molar-refractivity contribution in [2.75, 3.05) is 0 Å². The van der Waals surface area contributed by atoms with Crippen molar-refractivity contribution in [3.8, 4) is 17.0 Å². The first-order valence-corrected chi connectivity index (χ1v) is 9.55. The summed E-state index contributed by atoms with van der Waals surface area (Å²) >= 11 is 6.13. The molecule has 0 spiro atoms. The number of aryl methyl sites for hydroxylation is 2. The molecule has 1 aromatic heterocycles. The molecule has 3 rings (SSSR count). The molecule has 0 saturated heterocycles. The van der Waals surface area contributed by atoms with Gasteiger partial charge in [-0.3, -0.25) is 4.98 Å². The monoisotopic (exact) mass is 395 g/mol. The van der Waals surface area contributed by atoms with Gasteiger partial charge in [0, 0.05) is 10.6 Å². The van der Waals surface area contributed by atoms with Gasteiger partial charge in [0.2, 0.25) is 0 Å². The van der Waals surface area contributed by atoms with Crippen molar-refractivity contribution >= 4 is 17.6 Å². The third-order valence-corrected chi connectivity index (χ3v) is 4.52. The van der Waals surface area contributed by atoms with Gasteiger partial charge in [-0.25, -0.2) is 4.79 Å². The number of carboxylic acid groups (broad SMARTS) is 1. The number of ether oxygens (including phenoxy) is 1. The summed E-state index contributed by atoms with van der Waals surface area (Å²) in [6, 6.07) is 18.7. The number of hydrogen-bond acceptors (Lipinski definition) is 3. The molecule has 0 aliphatic carbocycles. The van der Waals surface area contributed by atoms with Crippen LogP contribution < -0.4 is 4.74 Å². The Labute approximate surface area is 169 Å². The lowest BCUT2D eigenvalue weighted by molar-refractivity contribution is 0.0695. The zero-order chi connectivity index (χ0) is 20.1. The van der Waals surface area contributed by atoms with E-state index >= 15 is 0 Å². The van der Waals surface area contributed by atoms with Crippen LogP contribution in [0.5, 0.6) is 5.75 Å². The summed E-state index contributed by atoms with van der Waals surface area (Å²) in [7, 11) is 0. The molecule has 0 amide bonds. The molecule has 0 atom stereocenters. The number of nitrogens with zero attached hydrogens (tertiary/aromatic N) is 1. The standard InChI is InChI=1S/C23H22ClNO3/c1-15(2)28-22-14-17(24)9-10-18(22)20-13-11-19(23(26)27)21(25-20)12-8-16-6-4-3-5-7-16/h3-7,9-11,13-15H,8,12H2,1-2H3,(H,26,27). The van der Waals surface area contributed by atoms with Crippen LogP contribution in [0.2, 0.25) is 5.02 Å². The summed E-state index contributed by atoms with van der Waals surface area (Å²) in [5, 5.41) is 10.1. The normalized spacial score (nSPS) is 10.9. The minimum absolute atomic E-state index is 0.0203. The first-order valence-electron chi connectivity index (χ1n) is 9.17. The van der Waals surface area contributed by atoms with Gasteiger partial charge in [0.15, 0.2) is 0 Å². The van der Waals surface area contributed by atoms with Crippen LogP contribution in [0, 0.1) is 0 Å². The molecule has 0 unspecified atom stereocenters. The van der Waals surface area contributed by atoms with Crippen molar-refractivity contribution in [1.82, 2.24) is 4.98 Å². The van der Waals surface area contributed by atoms with E-state index in [1.165, 1.54) is 0 Å². The minimum atomic E-state index is -0.975. The second kappa shape index (κ2) is 8.89. The highest BCUT2D eigenvalue weighted by molar-refractivity contribution is 6.30. The lowest BCUT2D eigenvalue weighted by Crippen LogP contribution is -2.09. The largest absolute Gasteiger partial charge is 0.490 e. The molecule has 2 aromatic carbocycles. The lowest BCUT2D eigenvalue weighted by atomic mass is 10.0. The molecular formula is C23H22ClNO3. The second-order valence-corrected chi connectivity index (χ2v) is 7.23. The van der Waals surface area contributed by atoms with E-state index in [1.54, 1.807) is 24.3 Å². The lowest BCUT2D eigenvalue weighted by Gasteiger charge is -2.15. The number of carbonyl (C=O) groups is 1. The number of aromatic carboxylic acids is 1. The first kappa shape index (κ1) is 19.9. The maximum Gasteiger partial charge on any atom is 0.337 e. The molecule has 28 heavy (non-hydrogen) atoms. The van der Waals surface area contributed by atoms with Gasteiger partial charge in [0.05, 0.1) is 23.1 Å². The van der Waals surface area contributed by atoms with Crippen molar-refractivity contribution < 1.29 is 14.6 Å². The molecule has 5 heteroatoms. The van der Waals surface area contributed by atoms with Crippen molar-refractivity contribution in [1.29, 1.82) is 0 Å². The number of aromatic nitrogens is 1. The van der Waals surface area contributed by atoms with E-state index in [9.17, 15) is 9.90 Å². The number of rotatable bonds is 7. The van der Waals surface area contributed by atoms with E-state index in [2.05, 4.69) is 4.98 Å². The van der Waals surface area contributed by atoms with E-state index in [4.69, 9.17) is 16.3 Å². The molecule has 0 fully saturated rings. The maximum atomic E-state index is 11.7. The molecule has 0 radical (unpaired) electrons.